The summed E-state index contributed by atoms with van der Waals surface area (Å²) in [6, 6.07) is 6.25. The van der Waals surface area contributed by atoms with Gasteiger partial charge in [0.25, 0.3) is 0 Å². The Morgan fingerprint density at radius 1 is 1.11 bits per heavy atom. The summed E-state index contributed by atoms with van der Waals surface area (Å²) in [6.07, 6.45) is -4.28. The largest absolute Gasteiger partial charge is 0.416 e. The molecule has 0 bridgehead atoms. The van der Waals surface area contributed by atoms with Crippen LogP contribution >= 0.6 is 0 Å². The number of hydrogen-bond acceptors (Lipinski definition) is 2. The van der Waals surface area contributed by atoms with Crippen LogP contribution in [0.15, 0.2) is 24.3 Å². The molecule has 0 amide bonds. The van der Waals surface area contributed by atoms with Gasteiger partial charge in [0.2, 0.25) is 0 Å². The molecule has 1 heterocycles. The Morgan fingerprint density at radius 3 is 2.21 bits per heavy atom. The topological polar surface area (TPSA) is 6.48 Å². The minimum Gasteiger partial charge on any atom is -0.368 e. The van der Waals surface area contributed by atoms with Gasteiger partial charge in [-0.15, -0.1) is 0 Å². The van der Waals surface area contributed by atoms with Crippen LogP contribution in [0.2, 0.25) is 0 Å². The lowest BCUT2D eigenvalue weighted by Crippen LogP contribution is -2.55. The molecule has 0 spiro atoms. The lowest BCUT2D eigenvalue weighted by Gasteiger charge is -2.43. The van der Waals surface area contributed by atoms with Crippen molar-refractivity contribution in [3.8, 4) is 0 Å². The first kappa shape index (κ1) is 14.2. The van der Waals surface area contributed by atoms with Crippen LogP contribution in [-0.2, 0) is 6.18 Å². The van der Waals surface area contributed by atoms with Crippen LogP contribution in [0.25, 0.3) is 0 Å². The number of benzene rings is 1. The number of alkyl halides is 3. The van der Waals surface area contributed by atoms with Gasteiger partial charge in [-0.3, -0.25) is 4.90 Å². The van der Waals surface area contributed by atoms with Gasteiger partial charge in [0.1, 0.15) is 0 Å². The molecule has 0 saturated carbocycles. The summed E-state index contributed by atoms with van der Waals surface area (Å²) in [5.41, 5.74) is 0.0749. The molecule has 1 aromatic carbocycles. The van der Waals surface area contributed by atoms with Gasteiger partial charge in [0, 0.05) is 30.9 Å². The highest BCUT2D eigenvalue weighted by molar-refractivity contribution is 5.50. The molecule has 1 fully saturated rings. The minimum absolute atomic E-state index is 0.332. The smallest absolute Gasteiger partial charge is 0.368 e. The van der Waals surface area contributed by atoms with Crippen LogP contribution < -0.4 is 4.90 Å². The second kappa shape index (κ2) is 5.04. The third-order valence-corrected chi connectivity index (χ3v) is 3.90. The number of anilines is 1. The molecule has 1 aliphatic heterocycles. The number of rotatable bonds is 1. The van der Waals surface area contributed by atoms with E-state index in [9.17, 15) is 13.2 Å². The van der Waals surface area contributed by atoms with Crippen LogP contribution in [0.4, 0.5) is 18.9 Å². The van der Waals surface area contributed by atoms with E-state index < -0.39 is 11.7 Å². The van der Waals surface area contributed by atoms with Crippen molar-refractivity contribution >= 4 is 5.69 Å². The van der Waals surface area contributed by atoms with Gasteiger partial charge in [-0.25, -0.2) is 0 Å². The standard InChI is InChI=1S/C14H19F3N2/c1-10-8-19(9-11(2)18(10)3)13-6-4-5-12(7-13)14(15,16)17/h4-7,10-11H,8-9H2,1-3H3/t10-,11+. The fourth-order valence-electron chi connectivity index (χ4n) is 2.49. The van der Waals surface area contributed by atoms with Gasteiger partial charge in [-0.2, -0.15) is 13.2 Å². The van der Waals surface area contributed by atoms with Crippen LogP contribution in [0.1, 0.15) is 19.4 Å². The monoisotopic (exact) mass is 272 g/mol. The average molecular weight is 272 g/mol. The van der Waals surface area contributed by atoms with Crippen molar-refractivity contribution in [2.24, 2.45) is 0 Å². The molecule has 0 unspecified atom stereocenters. The van der Waals surface area contributed by atoms with Gasteiger partial charge in [0.15, 0.2) is 0 Å². The number of likely N-dealkylation sites (N-methyl/N-ethyl adjacent to an activating group) is 1. The molecule has 0 aliphatic carbocycles. The zero-order valence-electron chi connectivity index (χ0n) is 11.4. The predicted octanol–water partition coefficient (Wildman–Crippen LogP) is 3.23. The van der Waals surface area contributed by atoms with E-state index in [4.69, 9.17) is 0 Å². The van der Waals surface area contributed by atoms with Gasteiger partial charge < -0.3 is 4.90 Å². The van der Waals surface area contributed by atoms with E-state index in [0.717, 1.165) is 19.2 Å². The number of halogens is 3. The fraction of sp³-hybridized carbons (Fsp3) is 0.571. The summed E-state index contributed by atoms with van der Waals surface area (Å²) in [6.45, 7) is 5.69. The first-order valence-electron chi connectivity index (χ1n) is 6.43. The lowest BCUT2D eigenvalue weighted by atomic mass is 10.1. The first-order valence-corrected chi connectivity index (χ1v) is 6.43. The van der Waals surface area contributed by atoms with Crippen molar-refractivity contribution in [1.82, 2.24) is 4.90 Å². The number of piperazine rings is 1. The zero-order valence-corrected chi connectivity index (χ0v) is 11.4. The van der Waals surface area contributed by atoms with Crippen molar-refractivity contribution in [2.45, 2.75) is 32.1 Å². The predicted molar refractivity (Wildman–Crippen MR) is 70.3 cm³/mol. The SMILES string of the molecule is C[C@@H]1CN(c2cccc(C(F)(F)F)c2)C[C@H](C)N1C. The van der Waals surface area contributed by atoms with E-state index in [1.54, 1.807) is 6.07 Å². The lowest BCUT2D eigenvalue weighted by molar-refractivity contribution is -0.137. The van der Waals surface area contributed by atoms with Crippen molar-refractivity contribution < 1.29 is 13.2 Å². The second-order valence-electron chi connectivity index (χ2n) is 5.32. The third-order valence-electron chi connectivity index (χ3n) is 3.90. The summed E-state index contributed by atoms with van der Waals surface area (Å²) in [5, 5.41) is 0. The molecule has 1 aromatic rings. The quantitative estimate of drug-likeness (QED) is 0.774. The molecule has 2 nitrogen and oxygen atoms in total. The van der Waals surface area contributed by atoms with E-state index in [1.165, 1.54) is 12.1 Å². The molecule has 1 saturated heterocycles. The summed E-state index contributed by atoms with van der Waals surface area (Å²) < 4.78 is 38.2. The Morgan fingerprint density at radius 2 is 1.68 bits per heavy atom. The van der Waals surface area contributed by atoms with Gasteiger partial charge in [0.05, 0.1) is 5.56 Å². The molecule has 1 aliphatic rings. The van der Waals surface area contributed by atoms with Crippen LogP contribution in [-0.4, -0.2) is 37.1 Å². The molecular weight excluding hydrogens is 253 g/mol. The number of nitrogens with zero attached hydrogens (tertiary/aromatic N) is 2. The molecule has 0 radical (unpaired) electrons. The Balaban J connectivity index is 2.23. The summed E-state index contributed by atoms with van der Waals surface area (Å²) in [5.74, 6) is 0. The molecule has 5 heteroatoms. The molecule has 0 aromatic heterocycles. The first-order chi connectivity index (χ1) is 8.79. The van der Waals surface area contributed by atoms with Crippen LogP contribution in [0.3, 0.4) is 0 Å². The second-order valence-corrected chi connectivity index (χ2v) is 5.32. The maximum Gasteiger partial charge on any atom is 0.416 e. The van der Waals surface area contributed by atoms with Gasteiger partial charge >= 0.3 is 6.18 Å². The molecular formula is C14H19F3N2. The van der Waals surface area contributed by atoms with E-state index >= 15 is 0 Å². The Hall–Kier alpha value is -1.23. The molecule has 2 rings (SSSR count). The minimum atomic E-state index is -4.28. The van der Waals surface area contributed by atoms with E-state index in [-0.39, 0.29) is 0 Å². The zero-order chi connectivity index (χ0) is 14.2. The normalized spacial score (nSPS) is 25.7. The molecule has 106 valence electrons. The molecule has 2 atom stereocenters. The van der Waals surface area contributed by atoms with Crippen molar-refractivity contribution in [1.29, 1.82) is 0 Å². The highest BCUT2D eigenvalue weighted by atomic mass is 19.4. The van der Waals surface area contributed by atoms with Crippen molar-refractivity contribution in [3.63, 3.8) is 0 Å². The summed E-state index contributed by atoms with van der Waals surface area (Å²) in [4.78, 5) is 4.29. The maximum atomic E-state index is 12.7. The maximum absolute atomic E-state index is 12.7. The van der Waals surface area contributed by atoms with Crippen molar-refractivity contribution in [2.75, 3.05) is 25.0 Å². The fourth-order valence-corrected chi connectivity index (χ4v) is 2.49. The van der Waals surface area contributed by atoms with E-state index in [1.807, 2.05) is 4.90 Å². The average Bonchev–Trinajstić information content (AvgIpc) is 2.34. The van der Waals surface area contributed by atoms with Gasteiger partial charge in [-0.1, -0.05) is 6.07 Å². The molecule has 19 heavy (non-hydrogen) atoms. The van der Waals surface area contributed by atoms with E-state index in [0.29, 0.717) is 17.8 Å². The molecule has 0 N–H and O–H groups in total. The highest BCUT2D eigenvalue weighted by Gasteiger charge is 2.32. The number of hydrogen-bond donors (Lipinski definition) is 0. The Labute approximate surface area is 111 Å². The summed E-state index contributed by atoms with van der Waals surface area (Å²) >= 11 is 0. The Bertz CT molecular complexity index is 433. The highest BCUT2D eigenvalue weighted by Crippen LogP contribution is 2.32. The summed E-state index contributed by atoms with van der Waals surface area (Å²) in [7, 11) is 2.05. The third kappa shape index (κ3) is 3.03. The Kier molecular flexibility index (Phi) is 3.76. The van der Waals surface area contributed by atoms with Crippen molar-refractivity contribution in [3.05, 3.63) is 29.8 Å². The van der Waals surface area contributed by atoms with Crippen LogP contribution in [0, 0.1) is 0 Å². The van der Waals surface area contributed by atoms with Gasteiger partial charge in [-0.05, 0) is 39.1 Å². The van der Waals surface area contributed by atoms with Crippen LogP contribution in [0.5, 0.6) is 0 Å². The van der Waals surface area contributed by atoms with E-state index in [2.05, 4.69) is 25.8 Å².